The van der Waals surface area contributed by atoms with Crippen molar-refractivity contribution in [3.63, 3.8) is 0 Å². The SMILES string of the molecule is CCP(O)(O)(O)CC.CCP(O)(O)(O)CC.CCP([O-])([O-])(O)CC.[C-]1=CC=CC1.[Co+3]. The van der Waals surface area contributed by atoms with Gasteiger partial charge in [-0.1, -0.05) is 0 Å². The Bertz CT molecular complexity index is 425. The Morgan fingerprint density at radius 2 is 0.967 bits per heavy atom. The summed E-state index contributed by atoms with van der Waals surface area (Å²) in [6.07, 6.45) is 9.90. The van der Waals surface area contributed by atoms with Crippen molar-refractivity contribution in [2.24, 2.45) is 0 Å². The first-order valence-corrected chi connectivity index (χ1v) is 16.9. The topological polar surface area (TPSA) is 188 Å². The molecule has 0 saturated heterocycles. The molecule has 7 N–H and O–H groups in total. The maximum absolute atomic E-state index is 10.5. The normalized spacial score (nSPS) is 16.8. The summed E-state index contributed by atoms with van der Waals surface area (Å²) in [5.74, 6) is 0. The molecule has 0 spiro atoms. The monoisotopic (exact) mass is 542 g/mol. The number of hydrogen-bond donors (Lipinski definition) is 7. The summed E-state index contributed by atoms with van der Waals surface area (Å²) in [6.45, 7) is 9.09. The van der Waals surface area contributed by atoms with Crippen LogP contribution in [0.5, 0.6) is 0 Å². The fourth-order valence-corrected chi connectivity index (χ4v) is 2.35. The molecule has 0 bridgehead atoms. The molecule has 9 nitrogen and oxygen atoms in total. The predicted molar refractivity (Wildman–Crippen MR) is 121 cm³/mol. The largest absolute Gasteiger partial charge is 3.00 e. The molecule has 0 aromatic rings. The summed E-state index contributed by atoms with van der Waals surface area (Å²) >= 11 is 0. The second-order valence-corrected chi connectivity index (χ2v) is 18.5. The quantitative estimate of drug-likeness (QED) is 0.189. The summed E-state index contributed by atoms with van der Waals surface area (Å²) in [7, 11) is -12.8. The van der Waals surface area contributed by atoms with Crippen LogP contribution in [0.2, 0.25) is 0 Å². The molecule has 0 fully saturated rings. The van der Waals surface area contributed by atoms with Crippen LogP contribution in [0.1, 0.15) is 48.0 Å². The standard InChI is InChI=1S/C5H5.2C4H13O3P.C4H11O3P.Co/c1-2-4-5-3-1;3*1-3-8(5,6,7)4-2;/h1-3H,4H2;2*5-7H,3-4H2,1-2H3;5H,3-4H2,1-2H3;/q-1;;;-2;+3. The van der Waals surface area contributed by atoms with E-state index < -0.39 is 21.9 Å². The minimum Gasteiger partial charge on any atom is -0.273 e. The van der Waals surface area contributed by atoms with E-state index in [1.54, 1.807) is 27.7 Å². The van der Waals surface area contributed by atoms with Crippen LogP contribution in [0.4, 0.5) is 0 Å². The molecule has 188 valence electrons. The third-order valence-electron chi connectivity index (χ3n) is 4.42. The van der Waals surface area contributed by atoms with Crippen LogP contribution in [-0.4, -0.2) is 71.2 Å². The summed E-state index contributed by atoms with van der Waals surface area (Å²) in [5, 5.41) is 0. The molecular formula is C17H42CoO9P3. The van der Waals surface area contributed by atoms with Gasteiger partial charge in [0.2, 0.25) is 0 Å². The molecule has 0 unspecified atom stereocenters. The summed E-state index contributed by atoms with van der Waals surface area (Å²) in [4.78, 5) is 82.7. The smallest absolute Gasteiger partial charge is 0.273 e. The zero-order chi connectivity index (χ0) is 24.1. The molecule has 0 amide bonds. The van der Waals surface area contributed by atoms with E-state index in [1.165, 1.54) is 13.8 Å². The van der Waals surface area contributed by atoms with E-state index in [1.807, 2.05) is 12.2 Å². The number of hydrogen-bond acceptors (Lipinski definition) is 9. The van der Waals surface area contributed by atoms with Crippen LogP contribution < -0.4 is 9.79 Å². The van der Waals surface area contributed by atoms with E-state index in [9.17, 15) is 9.79 Å². The molecule has 0 heterocycles. The Balaban J connectivity index is -0.000000150. The molecule has 0 aromatic carbocycles. The summed E-state index contributed by atoms with van der Waals surface area (Å²) in [6, 6.07) is 0. The van der Waals surface area contributed by atoms with E-state index in [0.717, 1.165) is 6.42 Å². The number of rotatable bonds is 6. The molecule has 1 aliphatic carbocycles. The van der Waals surface area contributed by atoms with Gasteiger partial charge in [0, 0.05) is 0 Å². The van der Waals surface area contributed by atoms with Crippen molar-refractivity contribution >= 4 is 21.9 Å². The van der Waals surface area contributed by atoms with Gasteiger partial charge in [0.15, 0.2) is 0 Å². The van der Waals surface area contributed by atoms with Gasteiger partial charge in [-0.2, -0.15) is 6.08 Å². The zero-order valence-electron chi connectivity index (χ0n) is 18.8. The van der Waals surface area contributed by atoms with Crippen molar-refractivity contribution in [2.75, 3.05) is 37.0 Å². The number of allylic oxidation sites excluding steroid dienone is 4. The fraction of sp³-hybridized carbons (Fsp3) is 0.765. The minimum atomic E-state index is -4.60. The van der Waals surface area contributed by atoms with Crippen LogP contribution in [-0.2, 0) is 16.8 Å². The van der Waals surface area contributed by atoms with E-state index in [0.29, 0.717) is 0 Å². The molecule has 13 heteroatoms. The Morgan fingerprint density at radius 3 is 1.00 bits per heavy atom. The predicted octanol–water partition coefficient (Wildman–Crippen LogP) is 0.943. The van der Waals surface area contributed by atoms with E-state index in [-0.39, 0.29) is 53.8 Å². The minimum absolute atomic E-state index is 0. The average Bonchev–Trinajstić information content (AvgIpc) is 3.23. The van der Waals surface area contributed by atoms with Gasteiger partial charge in [-0.25, -0.2) is 12.2 Å². The van der Waals surface area contributed by atoms with Gasteiger partial charge in [0.1, 0.15) is 0 Å². The summed E-state index contributed by atoms with van der Waals surface area (Å²) in [5.41, 5.74) is 0. The van der Waals surface area contributed by atoms with Gasteiger partial charge in [-0.05, 0) is 0 Å². The van der Waals surface area contributed by atoms with Gasteiger partial charge < -0.3 is 0 Å². The molecular weight excluding hydrogens is 500 g/mol. The van der Waals surface area contributed by atoms with Crippen molar-refractivity contribution in [3.05, 3.63) is 24.3 Å². The van der Waals surface area contributed by atoms with Crippen LogP contribution >= 0.6 is 21.9 Å². The fourth-order valence-electron chi connectivity index (χ4n) is 1.01. The second kappa shape index (κ2) is 14.2. The zero-order valence-corrected chi connectivity index (χ0v) is 22.5. The van der Waals surface area contributed by atoms with Crippen molar-refractivity contribution in [3.8, 4) is 0 Å². The van der Waals surface area contributed by atoms with Crippen LogP contribution in [0.3, 0.4) is 0 Å². The molecule has 30 heavy (non-hydrogen) atoms. The Labute approximate surface area is 191 Å². The van der Waals surface area contributed by atoms with Crippen LogP contribution in [0, 0.1) is 6.08 Å². The van der Waals surface area contributed by atoms with Gasteiger partial charge in [-0.15, -0.1) is 6.42 Å². The third kappa shape index (κ3) is 25.2. The molecule has 0 aromatic heterocycles. The van der Waals surface area contributed by atoms with E-state index >= 15 is 0 Å². The molecule has 1 rings (SSSR count). The molecule has 0 aliphatic heterocycles. The Morgan fingerprint density at radius 1 is 0.667 bits per heavy atom. The van der Waals surface area contributed by atoms with Crippen LogP contribution in [0.15, 0.2) is 18.2 Å². The van der Waals surface area contributed by atoms with Crippen LogP contribution in [0.25, 0.3) is 0 Å². The van der Waals surface area contributed by atoms with E-state index in [2.05, 4.69) is 12.2 Å². The first-order chi connectivity index (χ1) is 12.7. The van der Waals surface area contributed by atoms with E-state index in [4.69, 9.17) is 34.3 Å². The molecule has 0 radical (unpaired) electrons. The van der Waals surface area contributed by atoms with Gasteiger partial charge in [0.25, 0.3) is 0 Å². The molecule has 0 atom stereocenters. The van der Waals surface area contributed by atoms with Crippen molar-refractivity contribution < 1.29 is 60.8 Å². The molecule has 0 saturated carbocycles. The molecule has 1 aliphatic rings. The van der Waals surface area contributed by atoms with Crippen molar-refractivity contribution in [1.82, 2.24) is 0 Å². The van der Waals surface area contributed by atoms with Gasteiger partial charge >= 0.3 is 161 Å². The Kier molecular flexibility index (Phi) is 18.1. The van der Waals surface area contributed by atoms with Crippen molar-refractivity contribution in [1.29, 1.82) is 0 Å². The maximum Gasteiger partial charge on any atom is 3.00 e. The third-order valence-corrected chi connectivity index (χ3v) is 12.1. The average molecular weight is 542 g/mol. The maximum atomic E-state index is 10.5. The first kappa shape index (κ1) is 38.2. The van der Waals surface area contributed by atoms with Crippen molar-refractivity contribution in [2.45, 2.75) is 48.0 Å². The first-order valence-electron chi connectivity index (χ1n) is 9.62. The van der Waals surface area contributed by atoms with Gasteiger partial charge in [-0.3, -0.25) is 6.08 Å². The Hall–Kier alpha value is 0.916. The summed E-state index contributed by atoms with van der Waals surface area (Å²) < 4.78 is 0. The van der Waals surface area contributed by atoms with Gasteiger partial charge in [0.05, 0.1) is 0 Å². The second-order valence-electron chi connectivity index (χ2n) is 6.84.